The summed E-state index contributed by atoms with van der Waals surface area (Å²) >= 11 is 0. The van der Waals surface area contributed by atoms with Crippen molar-refractivity contribution in [2.24, 2.45) is 0 Å². The highest BCUT2D eigenvalue weighted by atomic mass is 16.4. The standard InChI is InChI=1S/C13H25N3O2/c1-14-13(12(17)18)5-3-4-11(10-13)16-8-6-15(2)7-9-16/h11,14H,3-10H2,1-2H3,(H,17,18). The summed E-state index contributed by atoms with van der Waals surface area (Å²) < 4.78 is 0. The van der Waals surface area contributed by atoms with Gasteiger partial charge in [-0.2, -0.15) is 0 Å². The predicted octanol–water partition coefficient (Wildman–Crippen LogP) is 0.219. The first-order chi connectivity index (χ1) is 8.57. The molecule has 104 valence electrons. The molecule has 1 heterocycles. The molecule has 0 spiro atoms. The van der Waals surface area contributed by atoms with Gasteiger partial charge < -0.3 is 15.3 Å². The minimum absolute atomic E-state index is 0.427. The van der Waals surface area contributed by atoms with Crippen LogP contribution in [-0.2, 0) is 4.79 Å². The number of nitrogens with one attached hydrogen (secondary N) is 1. The Kier molecular flexibility index (Phi) is 4.25. The van der Waals surface area contributed by atoms with Gasteiger partial charge >= 0.3 is 5.97 Å². The van der Waals surface area contributed by atoms with Gasteiger partial charge in [0, 0.05) is 32.2 Å². The van der Waals surface area contributed by atoms with Gasteiger partial charge in [0.15, 0.2) is 0 Å². The molecule has 5 heteroatoms. The van der Waals surface area contributed by atoms with Crippen LogP contribution in [0.15, 0.2) is 0 Å². The summed E-state index contributed by atoms with van der Waals surface area (Å²) in [4.78, 5) is 16.3. The smallest absolute Gasteiger partial charge is 0.323 e. The molecule has 2 rings (SSSR count). The molecule has 5 nitrogen and oxygen atoms in total. The number of nitrogens with zero attached hydrogens (tertiary/aromatic N) is 2. The van der Waals surface area contributed by atoms with Crippen LogP contribution in [0.1, 0.15) is 25.7 Å². The molecule has 2 atom stereocenters. The van der Waals surface area contributed by atoms with Gasteiger partial charge in [-0.3, -0.25) is 9.69 Å². The van der Waals surface area contributed by atoms with E-state index in [1.807, 2.05) is 0 Å². The first kappa shape index (κ1) is 13.8. The number of piperazine rings is 1. The maximum atomic E-state index is 11.5. The van der Waals surface area contributed by atoms with E-state index in [0.29, 0.717) is 6.04 Å². The lowest BCUT2D eigenvalue weighted by Gasteiger charge is -2.44. The van der Waals surface area contributed by atoms with Crippen LogP contribution in [0.5, 0.6) is 0 Å². The molecule has 0 bridgehead atoms. The Balaban J connectivity index is 2.00. The Morgan fingerprint density at radius 1 is 1.33 bits per heavy atom. The van der Waals surface area contributed by atoms with Crippen LogP contribution in [-0.4, -0.2) is 72.7 Å². The number of likely N-dealkylation sites (N-methyl/N-ethyl adjacent to an activating group) is 2. The van der Waals surface area contributed by atoms with Crippen LogP contribution in [0.4, 0.5) is 0 Å². The molecular weight excluding hydrogens is 230 g/mol. The number of hydrogen-bond donors (Lipinski definition) is 2. The van der Waals surface area contributed by atoms with Gasteiger partial charge in [-0.05, 0) is 39.8 Å². The highest BCUT2D eigenvalue weighted by Gasteiger charge is 2.43. The third kappa shape index (κ3) is 2.68. The second-order valence-electron chi connectivity index (χ2n) is 5.73. The molecule has 0 amide bonds. The van der Waals surface area contributed by atoms with Crippen LogP contribution >= 0.6 is 0 Å². The molecule has 1 aliphatic heterocycles. The molecule has 0 aromatic carbocycles. The third-order valence-electron chi connectivity index (χ3n) is 4.67. The van der Waals surface area contributed by atoms with Crippen LogP contribution in [0.2, 0.25) is 0 Å². The van der Waals surface area contributed by atoms with Gasteiger partial charge in [0.2, 0.25) is 0 Å². The van der Waals surface area contributed by atoms with E-state index in [4.69, 9.17) is 0 Å². The van der Waals surface area contributed by atoms with E-state index < -0.39 is 11.5 Å². The average molecular weight is 255 g/mol. The summed E-state index contributed by atoms with van der Waals surface area (Å²) in [6, 6.07) is 0.427. The topological polar surface area (TPSA) is 55.8 Å². The van der Waals surface area contributed by atoms with Crippen LogP contribution < -0.4 is 5.32 Å². The Labute approximate surface area is 109 Å². The Hall–Kier alpha value is -0.650. The highest BCUT2D eigenvalue weighted by molar-refractivity contribution is 5.79. The van der Waals surface area contributed by atoms with Crippen LogP contribution in [0.25, 0.3) is 0 Å². The minimum atomic E-state index is -0.702. The van der Waals surface area contributed by atoms with Crippen molar-refractivity contribution in [3.05, 3.63) is 0 Å². The zero-order valence-electron chi connectivity index (χ0n) is 11.5. The van der Waals surface area contributed by atoms with Crippen molar-refractivity contribution in [3.8, 4) is 0 Å². The monoisotopic (exact) mass is 255 g/mol. The fraction of sp³-hybridized carbons (Fsp3) is 0.923. The summed E-state index contributed by atoms with van der Waals surface area (Å²) in [7, 11) is 3.92. The fourth-order valence-corrected chi connectivity index (χ4v) is 3.27. The van der Waals surface area contributed by atoms with Crippen molar-refractivity contribution in [1.82, 2.24) is 15.1 Å². The van der Waals surface area contributed by atoms with Gasteiger partial charge in [-0.25, -0.2) is 0 Å². The molecule has 1 saturated heterocycles. The van der Waals surface area contributed by atoms with E-state index in [1.165, 1.54) is 0 Å². The normalized spacial score (nSPS) is 35.6. The summed E-state index contributed by atoms with van der Waals surface area (Å²) in [5.74, 6) is -0.691. The second kappa shape index (κ2) is 5.55. The molecular formula is C13H25N3O2. The lowest BCUT2D eigenvalue weighted by Crippen LogP contribution is -2.59. The summed E-state index contributed by atoms with van der Waals surface area (Å²) in [5, 5.41) is 12.5. The molecule has 1 aliphatic carbocycles. The lowest BCUT2D eigenvalue weighted by atomic mass is 9.78. The maximum absolute atomic E-state index is 11.5. The van der Waals surface area contributed by atoms with Gasteiger partial charge in [-0.15, -0.1) is 0 Å². The zero-order chi connectivity index (χ0) is 13.2. The minimum Gasteiger partial charge on any atom is -0.480 e. The largest absolute Gasteiger partial charge is 0.480 e. The van der Waals surface area contributed by atoms with E-state index in [-0.39, 0.29) is 0 Å². The molecule has 18 heavy (non-hydrogen) atoms. The van der Waals surface area contributed by atoms with Gasteiger partial charge in [0.1, 0.15) is 5.54 Å². The third-order valence-corrected chi connectivity index (χ3v) is 4.67. The average Bonchev–Trinajstić information content (AvgIpc) is 2.39. The van der Waals surface area contributed by atoms with E-state index >= 15 is 0 Å². The number of carboxylic acids is 1. The Morgan fingerprint density at radius 3 is 2.56 bits per heavy atom. The summed E-state index contributed by atoms with van der Waals surface area (Å²) in [6.45, 7) is 4.33. The number of hydrogen-bond acceptors (Lipinski definition) is 4. The van der Waals surface area contributed by atoms with E-state index in [1.54, 1.807) is 7.05 Å². The first-order valence-corrected chi connectivity index (χ1v) is 6.92. The quantitative estimate of drug-likeness (QED) is 0.755. The molecule has 2 N–H and O–H groups in total. The van der Waals surface area contributed by atoms with E-state index in [0.717, 1.165) is 51.9 Å². The maximum Gasteiger partial charge on any atom is 0.323 e. The van der Waals surface area contributed by atoms with Crippen LogP contribution in [0.3, 0.4) is 0 Å². The van der Waals surface area contributed by atoms with Crippen molar-refractivity contribution in [3.63, 3.8) is 0 Å². The molecule has 0 radical (unpaired) electrons. The molecule has 1 saturated carbocycles. The summed E-state index contributed by atoms with van der Waals surface area (Å²) in [6.07, 6.45) is 3.64. The zero-order valence-corrected chi connectivity index (χ0v) is 11.5. The number of aliphatic carboxylic acids is 1. The number of rotatable bonds is 3. The van der Waals surface area contributed by atoms with Crippen molar-refractivity contribution in [2.45, 2.75) is 37.3 Å². The van der Waals surface area contributed by atoms with Gasteiger partial charge in [0.25, 0.3) is 0 Å². The number of carbonyl (C=O) groups is 1. The van der Waals surface area contributed by atoms with Crippen molar-refractivity contribution >= 4 is 5.97 Å². The summed E-state index contributed by atoms with van der Waals surface area (Å²) in [5.41, 5.74) is -0.702. The molecule has 2 aliphatic rings. The van der Waals surface area contributed by atoms with Crippen LogP contribution in [0, 0.1) is 0 Å². The van der Waals surface area contributed by atoms with Crippen molar-refractivity contribution in [1.29, 1.82) is 0 Å². The van der Waals surface area contributed by atoms with E-state index in [2.05, 4.69) is 22.2 Å². The molecule has 2 unspecified atom stereocenters. The van der Waals surface area contributed by atoms with Gasteiger partial charge in [-0.1, -0.05) is 0 Å². The molecule has 2 fully saturated rings. The SMILES string of the molecule is CNC1(C(=O)O)CCCC(N2CCN(C)CC2)C1. The van der Waals surface area contributed by atoms with Crippen molar-refractivity contribution in [2.75, 3.05) is 40.3 Å². The Morgan fingerprint density at radius 2 is 2.00 bits per heavy atom. The Bertz CT molecular complexity index is 303. The number of carboxylic acid groups (broad SMARTS) is 1. The fourth-order valence-electron chi connectivity index (χ4n) is 3.27. The molecule has 0 aromatic heterocycles. The first-order valence-electron chi connectivity index (χ1n) is 6.92. The van der Waals surface area contributed by atoms with E-state index in [9.17, 15) is 9.90 Å². The van der Waals surface area contributed by atoms with Gasteiger partial charge in [0.05, 0.1) is 0 Å². The van der Waals surface area contributed by atoms with Crippen molar-refractivity contribution < 1.29 is 9.90 Å². The second-order valence-corrected chi connectivity index (χ2v) is 5.73. The lowest BCUT2D eigenvalue weighted by molar-refractivity contribution is -0.147. The molecule has 0 aromatic rings. The highest BCUT2D eigenvalue weighted by Crippen LogP contribution is 2.31. The predicted molar refractivity (Wildman–Crippen MR) is 70.8 cm³/mol.